The Morgan fingerprint density at radius 3 is 2.69 bits per heavy atom. The second-order valence-electron chi connectivity index (χ2n) is 3.92. The average molecular weight is 241 g/mol. The summed E-state index contributed by atoms with van der Waals surface area (Å²) in [6.45, 7) is 5.11. The van der Waals surface area contributed by atoms with Crippen LogP contribution in [0.3, 0.4) is 0 Å². The molecule has 5 nitrogen and oxygen atoms in total. The molecule has 1 heterocycles. The largest absolute Gasteiger partial charge is 0.332 e. The predicted octanol–water partition coefficient (Wildman–Crippen LogP) is 0.662. The number of aromatic amines is 1. The Kier molecular flexibility index (Phi) is 3.41. The molecule has 6 heteroatoms. The fraction of sp³-hybridized carbons (Fsp3) is 0.500. The number of terminal acetylenes is 1. The van der Waals surface area contributed by atoms with Gasteiger partial charge in [-0.05, 0) is 13.8 Å². The molecule has 88 valence electrons. The maximum absolute atomic E-state index is 11.9. The monoisotopic (exact) mass is 241 g/mol. The minimum Gasteiger partial charge on any atom is -0.332 e. The van der Waals surface area contributed by atoms with Crippen LogP contribution in [0.15, 0.2) is 11.2 Å². The van der Waals surface area contributed by atoms with E-state index in [-0.39, 0.29) is 5.03 Å². The Labute approximate surface area is 95.7 Å². The molecule has 0 fully saturated rings. The molecule has 1 rings (SSSR count). The van der Waals surface area contributed by atoms with Crippen molar-refractivity contribution in [3.8, 4) is 12.3 Å². The van der Waals surface area contributed by atoms with Gasteiger partial charge in [0.15, 0.2) is 5.03 Å². The van der Waals surface area contributed by atoms with Gasteiger partial charge in [-0.15, -0.1) is 6.42 Å². The highest BCUT2D eigenvalue weighted by Crippen LogP contribution is 2.10. The average Bonchev–Trinajstić information content (AvgIpc) is 2.65. The minimum atomic E-state index is -3.63. The molecule has 0 aliphatic carbocycles. The number of aryl methyl sites for hydroxylation is 1. The molecule has 0 aliphatic rings. The molecule has 0 unspecified atom stereocenters. The number of hydrogen-bond donors (Lipinski definition) is 2. The number of nitrogens with zero attached hydrogens (tertiary/aromatic N) is 1. The third-order valence-electron chi connectivity index (χ3n) is 1.98. The molecule has 0 radical (unpaired) electrons. The number of sulfonamides is 1. The normalized spacial score (nSPS) is 12.4. The van der Waals surface area contributed by atoms with Crippen LogP contribution < -0.4 is 4.72 Å². The van der Waals surface area contributed by atoms with E-state index in [1.807, 2.05) is 6.92 Å². The van der Waals surface area contributed by atoms with Crippen molar-refractivity contribution >= 4 is 10.0 Å². The molecule has 0 spiro atoms. The van der Waals surface area contributed by atoms with Crippen molar-refractivity contribution in [2.45, 2.75) is 37.8 Å². The number of H-pyrrole nitrogens is 1. The van der Waals surface area contributed by atoms with E-state index < -0.39 is 15.6 Å². The molecule has 0 atom stereocenters. The van der Waals surface area contributed by atoms with E-state index in [1.165, 1.54) is 6.20 Å². The Morgan fingerprint density at radius 2 is 2.25 bits per heavy atom. The lowest BCUT2D eigenvalue weighted by molar-refractivity contribution is 0.536. The van der Waals surface area contributed by atoms with Crippen molar-refractivity contribution < 1.29 is 8.42 Å². The van der Waals surface area contributed by atoms with Crippen LogP contribution in [-0.4, -0.2) is 23.9 Å². The van der Waals surface area contributed by atoms with Gasteiger partial charge in [0.1, 0.15) is 5.82 Å². The summed E-state index contributed by atoms with van der Waals surface area (Å²) >= 11 is 0. The van der Waals surface area contributed by atoms with Gasteiger partial charge in [-0.2, -0.15) is 4.72 Å². The SMILES string of the molecule is C#CC(C)(C)NS(=O)(=O)c1cnc(CC)[nH]1. The molecule has 1 aromatic rings. The van der Waals surface area contributed by atoms with Crippen LogP contribution in [0.4, 0.5) is 0 Å². The molecule has 0 amide bonds. The van der Waals surface area contributed by atoms with E-state index in [2.05, 4.69) is 20.6 Å². The van der Waals surface area contributed by atoms with Gasteiger partial charge in [-0.1, -0.05) is 12.8 Å². The zero-order valence-corrected chi connectivity index (χ0v) is 10.4. The summed E-state index contributed by atoms with van der Waals surface area (Å²) in [7, 11) is -3.63. The molecule has 2 N–H and O–H groups in total. The van der Waals surface area contributed by atoms with Crippen LogP contribution in [0.1, 0.15) is 26.6 Å². The highest BCUT2D eigenvalue weighted by Gasteiger charge is 2.25. The van der Waals surface area contributed by atoms with Crippen molar-refractivity contribution in [1.82, 2.24) is 14.7 Å². The summed E-state index contributed by atoms with van der Waals surface area (Å²) in [6, 6.07) is 0. The minimum absolute atomic E-state index is 0.0349. The number of hydrogen-bond acceptors (Lipinski definition) is 3. The summed E-state index contributed by atoms with van der Waals surface area (Å²) in [5.74, 6) is 2.99. The van der Waals surface area contributed by atoms with Crippen molar-refractivity contribution in [3.05, 3.63) is 12.0 Å². The quantitative estimate of drug-likeness (QED) is 0.760. The molecule has 0 bridgehead atoms. The lowest BCUT2D eigenvalue weighted by Gasteiger charge is -2.18. The highest BCUT2D eigenvalue weighted by molar-refractivity contribution is 7.89. The van der Waals surface area contributed by atoms with Crippen LogP contribution in [0.2, 0.25) is 0 Å². The number of aromatic nitrogens is 2. The first-order valence-corrected chi connectivity index (χ1v) is 6.34. The first-order valence-electron chi connectivity index (χ1n) is 4.86. The number of nitrogens with one attached hydrogen (secondary N) is 2. The predicted molar refractivity (Wildman–Crippen MR) is 61.2 cm³/mol. The fourth-order valence-electron chi connectivity index (χ4n) is 1.08. The van der Waals surface area contributed by atoms with Crippen molar-refractivity contribution in [1.29, 1.82) is 0 Å². The van der Waals surface area contributed by atoms with E-state index in [4.69, 9.17) is 6.42 Å². The van der Waals surface area contributed by atoms with Gasteiger partial charge in [0.2, 0.25) is 0 Å². The van der Waals surface area contributed by atoms with Crippen molar-refractivity contribution in [2.24, 2.45) is 0 Å². The standard InChI is InChI=1S/C10H15N3O2S/c1-5-8-11-7-9(12-8)16(14,15)13-10(3,4)6-2/h2,7,13H,5H2,1,3-4H3,(H,11,12). The molecule has 0 aromatic carbocycles. The van der Waals surface area contributed by atoms with E-state index in [9.17, 15) is 8.42 Å². The van der Waals surface area contributed by atoms with Crippen molar-refractivity contribution in [3.63, 3.8) is 0 Å². The van der Waals surface area contributed by atoms with Crippen LogP contribution in [0.5, 0.6) is 0 Å². The van der Waals surface area contributed by atoms with E-state index in [0.29, 0.717) is 12.2 Å². The van der Waals surface area contributed by atoms with Gasteiger partial charge in [0, 0.05) is 6.42 Å². The van der Waals surface area contributed by atoms with Gasteiger partial charge in [0.25, 0.3) is 10.0 Å². The molecular weight excluding hydrogens is 226 g/mol. The second-order valence-corrected chi connectivity index (χ2v) is 5.57. The Hall–Kier alpha value is -1.32. The fourth-order valence-corrected chi connectivity index (χ4v) is 2.36. The van der Waals surface area contributed by atoms with Crippen molar-refractivity contribution in [2.75, 3.05) is 0 Å². The molecule has 0 aliphatic heterocycles. The first kappa shape index (κ1) is 12.7. The molecule has 16 heavy (non-hydrogen) atoms. The Balaban J connectivity index is 3.00. The molecule has 1 aromatic heterocycles. The lowest BCUT2D eigenvalue weighted by Crippen LogP contribution is -2.42. The Morgan fingerprint density at radius 1 is 1.62 bits per heavy atom. The summed E-state index contributed by atoms with van der Waals surface area (Å²) in [4.78, 5) is 6.65. The second kappa shape index (κ2) is 4.28. The van der Waals surface area contributed by atoms with Crippen LogP contribution in [0.25, 0.3) is 0 Å². The lowest BCUT2D eigenvalue weighted by atomic mass is 10.1. The van der Waals surface area contributed by atoms with Crippen LogP contribution in [-0.2, 0) is 16.4 Å². The summed E-state index contributed by atoms with van der Waals surface area (Å²) in [6.07, 6.45) is 7.15. The Bertz CT molecular complexity index is 508. The highest BCUT2D eigenvalue weighted by atomic mass is 32.2. The maximum Gasteiger partial charge on any atom is 0.258 e. The van der Waals surface area contributed by atoms with Gasteiger partial charge in [0.05, 0.1) is 11.7 Å². The van der Waals surface area contributed by atoms with Crippen LogP contribution in [0, 0.1) is 12.3 Å². The number of rotatable bonds is 4. The molecule has 0 saturated heterocycles. The molecule has 0 saturated carbocycles. The third-order valence-corrected chi connectivity index (χ3v) is 3.55. The van der Waals surface area contributed by atoms with E-state index in [0.717, 1.165) is 0 Å². The van der Waals surface area contributed by atoms with Gasteiger partial charge < -0.3 is 4.98 Å². The van der Waals surface area contributed by atoms with E-state index >= 15 is 0 Å². The summed E-state index contributed by atoms with van der Waals surface area (Å²) in [5.41, 5.74) is -0.920. The van der Waals surface area contributed by atoms with Crippen LogP contribution >= 0.6 is 0 Å². The zero-order chi connectivity index (χ0) is 12.4. The van der Waals surface area contributed by atoms with Gasteiger partial charge in [-0.25, -0.2) is 13.4 Å². The van der Waals surface area contributed by atoms with Gasteiger partial charge >= 0.3 is 0 Å². The third kappa shape index (κ3) is 2.84. The summed E-state index contributed by atoms with van der Waals surface area (Å²) in [5, 5.41) is 0.0349. The van der Waals surface area contributed by atoms with Gasteiger partial charge in [-0.3, -0.25) is 0 Å². The van der Waals surface area contributed by atoms with E-state index in [1.54, 1.807) is 13.8 Å². The molecular formula is C10H15N3O2S. The topological polar surface area (TPSA) is 74.8 Å². The zero-order valence-electron chi connectivity index (χ0n) is 9.53. The maximum atomic E-state index is 11.9. The first-order chi connectivity index (χ1) is 7.30. The number of imidazole rings is 1. The smallest absolute Gasteiger partial charge is 0.258 e. The summed E-state index contributed by atoms with van der Waals surface area (Å²) < 4.78 is 26.1.